The van der Waals surface area contributed by atoms with E-state index in [1.165, 1.54) is 0 Å². The number of hydrogen-bond acceptors (Lipinski definition) is 4. The zero-order valence-electron chi connectivity index (χ0n) is 9.43. The lowest BCUT2D eigenvalue weighted by atomic mass is 10.2. The molecule has 1 heterocycles. The molecular weight excluding hydrogens is 276 g/mol. The van der Waals surface area contributed by atoms with Crippen molar-refractivity contribution in [3.05, 3.63) is 24.3 Å². The topological polar surface area (TPSA) is 41.1 Å². The maximum Gasteiger partial charge on any atom is 0.242 e. The molecule has 1 saturated heterocycles. The maximum atomic E-state index is 11.8. The van der Waals surface area contributed by atoms with E-state index in [-0.39, 0.29) is 24.4 Å². The number of anilines is 1. The van der Waals surface area contributed by atoms with E-state index in [0.29, 0.717) is 0 Å². The maximum absolute atomic E-state index is 11.8. The lowest BCUT2D eigenvalue weighted by molar-refractivity contribution is -0.117. The van der Waals surface area contributed by atoms with Crippen LogP contribution >= 0.6 is 35.9 Å². The van der Waals surface area contributed by atoms with Gasteiger partial charge in [-0.3, -0.25) is 10.1 Å². The Balaban J connectivity index is 0.00000144. The van der Waals surface area contributed by atoms with Gasteiger partial charge in [0.2, 0.25) is 5.91 Å². The molecule has 1 unspecified atom stereocenters. The van der Waals surface area contributed by atoms with Gasteiger partial charge in [0.25, 0.3) is 0 Å². The lowest BCUT2D eigenvalue weighted by Gasteiger charge is -2.10. The van der Waals surface area contributed by atoms with Crippen LogP contribution in [0.3, 0.4) is 0 Å². The van der Waals surface area contributed by atoms with E-state index in [4.69, 9.17) is 0 Å². The molecule has 1 aromatic rings. The summed E-state index contributed by atoms with van der Waals surface area (Å²) in [7, 11) is 0. The van der Waals surface area contributed by atoms with Crippen LogP contribution in [-0.4, -0.2) is 29.8 Å². The minimum absolute atomic E-state index is 0. The van der Waals surface area contributed by atoms with Crippen molar-refractivity contribution >= 4 is 47.5 Å². The van der Waals surface area contributed by atoms with Crippen LogP contribution in [-0.2, 0) is 4.79 Å². The molecule has 0 aromatic heterocycles. The number of carbonyl (C=O) groups is 1. The Morgan fingerprint density at radius 2 is 2.41 bits per heavy atom. The van der Waals surface area contributed by atoms with Gasteiger partial charge in [0, 0.05) is 22.2 Å². The number of thioether (sulfide) groups is 2. The Bertz CT molecular complexity index is 383. The van der Waals surface area contributed by atoms with E-state index >= 15 is 0 Å². The molecule has 0 bridgehead atoms. The molecule has 94 valence electrons. The van der Waals surface area contributed by atoms with Crippen LogP contribution in [0.15, 0.2) is 29.2 Å². The van der Waals surface area contributed by atoms with Gasteiger partial charge in [-0.2, -0.15) is 0 Å². The number of hydrogen-bond donors (Lipinski definition) is 2. The SMILES string of the molecule is CSc1cccc(NC(=O)C2CSCN2)c1.Cl. The third kappa shape index (κ3) is 4.10. The van der Waals surface area contributed by atoms with Crippen LogP contribution in [0.25, 0.3) is 0 Å². The molecule has 3 nitrogen and oxygen atoms in total. The Kier molecular flexibility index (Phi) is 6.19. The quantitative estimate of drug-likeness (QED) is 0.839. The minimum Gasteiger partial charge on any atom is -0.325 e. The molecule has 0 spiro atoms. The summed E-state index contributed by atoms with van der Waals surface area (Å²) in [5.41, 5.74) is 0.871. The average Bonchev–Trinajstić information content (AvgIpc) is 2.83. The number of amides is 1. The van der Waals surface area contributed by atoms with Crippen LogP contribution < -0.4 is 10.6 Å². The first-order valence-corrected chi connectivity index (χ1v) is 7.43. The summed E-state index contributed by atoms with van der Waals surface area (Å²) in [5, 5.41) is 6.08. The smallest absolute Gasteiger partial charge is 0.242 e. The molecule has 0 radical (unpaired) electrons. The second-order valence-electron chi connectivity index (χ2n) is 3.49. The molecule has 0 aliphatic carbocycles. The predicted molar refractivity (Wildman–Crippen MR) is 78.3 cm³/mol. The number of halogens is 1. The van der Waals surface area contributed by atoms with Gasteiger partial charge in [-0.25, -0.2) is 0 Å². The largest absolute Gasteiger partial charge is 0.325 e. The van der Waals surface area contributed by atoms with E-state index in [9.17, 15) is 4.79 Å². The molecule has 2 rings (SSSR count). The average molecular weight is 291 g/mol. The minimum atomic E-state index is -0.0528. The third-order valence-electron chi connectivity index (χ3n) is 2.37. The lowest BCUT2D eigenvalue weighted by Crippen LogP contribution is -2.37. The number of rotatable bonds is 3. The van der Waals surface area contributed by atoms with E-state index in [1.807, 2.05) is 30.5 Å². The predicted octanol–water partition coefficient (Wildman–Crippen LogP) is 2.43. The van der Waals surface area contributed by atoms with Crippen LogP contribution in [0.1, 0.15) is 0 Å². The van der Waals surface area contributed by atoms with Crippen molar-refractivity contribution in [3.8, 4) is 0 Å². The number of carbonyl (C=O) groups excluding carboxylic acids is 1. The number of benzene rings is 1. The van der Waals surface area contributed by atoms with Gasteiger partial charge in [0.15, 0.2) is 0 Å². The van der Waals surface area contributed by atoms with Gasteiger partial charge >= 0.3 is 0 Å². The van der Waals surface area contributed by atoms with Crippen LogP contribution in [0.2, 0.25) is 0 Å². The molecule has 1 fully saturated rings. The molecule has 17 heavy (non-hydrogen) atoms. The second kappa shape index (κ2) is 7.16. The summed E-state index contributed by atoms with van der Waals surface area (Å²) in [6.45, 7) is 0. The fraction of sp³-hybridized carbons (Fsp3) is 0.364. The van der Waals surface area contributed by atoms with Crippen molar-refractivity contribution in [2.45, 2.75) is 10.9 Å². The molecule has 1 aromatic carbocycles. The Morgan fingerprint density at radius 1 is 1.59 bits per heavy atom. The molecule has 2 N–H and O–H groups in total. The third-order valence-corrected chi connectivity index (χ3v) is 4.04. The van der Waals surface area contributed by atoms with Crippen LogP contribution in [0.4, 0.5) is 5.69 Å². The van der Waals surface area contributed by atoms with Crippen LogP contribution in [0, 0.1) is 0 Å². The Labute approximate surface area is 116 Å². The highest BCUT2D eigenvalue weighted by Crippen LogP contribution is 2.19. The zero-order valence-corrected chi connectivity index (χ0v) is 11.9. The summed E-state index contributed by atoms with van der Waals surface area (Å²) in [4.78, 5) is 13.0. The zero-order chi connectivity index (χ0) is 11.4. The van der Waals surface area contributed by atoms with E-state index in [2.05, 4.69) is 10.6 Å². The molecule has 6 heteroatoms. The normalized spacial score (nSPS) is 18.5. The Morgan fingerprint density at radius 3 is 3.06 bits per heavy atom. The molecular formula is C11H15ClN2OS2. The summed E-state index contributed by atoms with van der Waals surface area (Å²) < 4.78 is 0. The first-order chi connectivity index (χ1) is 7.79. The van der Waals surface area contributed by atoms with Crippen molar-refractivity contribution in [3.63, 3.8) is 0 Å². The molecule has 0 saturated carbocycles. The summed E-state index contributed by atoms with van der Waals surface area (Å²) in [6.07, 6.45) is 2.02. The van der Waals surface area contributed by atoms with Crippen molar-refractivity contribution in [1.82, 2.24) is 5.32 Å². The highest BCUT2D eigenvalue weighted by molar-refractivity contribution is 7.99. The van der Waals surface area contributed by atoms with Crippen molar-refractivity contribution < 1.29 is 4.79 Å². The van der Waals surface area contributed by atoms with Gasteiger partial charge in [-0.1, -0.05) is 6.07 Å². The fourth-order valence-corrected chi connectivity index (χ4v) is 2.90. The first-order valence-electron chi connectivity index (χ1n) is 5.05. The van der Waals surface area contributed by atoms with Crippen molar-refractivity contribution in [1.29, 1.82) is 0 Å². The summed E-state index contributed by atoms with van der Waals surface area (Å²) >= 11 is 3.42. The molecule has 1 amide bonds. The van der Waals surface area contributed by atoms with Crippen LogP contribution in [0.5, 0.6) is 0 Å². The molecule has 1 aliphatic heterocycles. The monoisotopic (exact) mass is 290 g/mol. The highest BCUT2D eigenvalue weighted by atomic mass is 35.5. The standard InChI is InChI=1S/C11H14N2OS2.ClH/c1-15-9-4-2-3-8(5-9)13-11(14)10-6-16-7-12-10;/h2-5,10,12H,6-7H2,1H3,(H,13,14);1H. The van der Waals surface area contributed by atoms with E-state index in [0.717, 1.165) is 22.2 Å². The molecule has 1 atom stereocenters. The van der Waals surface area contributed by atoms with Gasteiger partial charge in [-0.15, -0.1) is 35.9 Å². The van der Waals surface area contributed by atoms with Gasteiger partial charge in [-0.05, 0) is 24.5 Å². The Hall–Kier alpha value is -0.360. The summed E-state index contributed by atoms with van der Waals surface area (Å²) in [6, 6.07) is 7.84. The fourth-order valence-electron chi connectivity index (χ4n) is 1.49. The van der Waals surface area contributed by atoms with Crippen molar-refractivity contribution in [2.24, 2.45) is 0 Å². The van der Waals surface area contributed by atoms with E-state index < -0.39 is 0 Å². The van der Waals surface area contributed by atoms with E-state index in [1.54, 1.807) is 23.5 Å². The van der Waals surface area contributed by atoms with Gasteiger partial charge < -0.3 is 5.32 Å². The second-order valence-corrected chi connectivity index (χ2v) is 5.40. The highest BCUT2D eigenvalue weighted by Gasteiger charge is 2.22. The summed E-state index contributed by atoms with van der Waals surface area (Å²) in [5.74, 6) is 1.78. The number of nitrogens with one attached hydrogen (secondary N) is 2. The first kappa shape index (κ1) is 14.7. The van der Waals surface area contributed by atoms with Gasteiger partial charge in [0.05, 0.1) is 6.04 Å². The molecule has 1 aliphatic rings. The van der Waals surface area contributed by atoms with Crippen molar-refractivity contribution in [2.75, 3.05) is 23.2 Å². The van der Waals surface area contributed by atoms with Gasteiger partial charge in [0.1, 0.15) is 0 Å².